The minimum absolute atomic E-state index is 0.702. The molecule has 1 aromatic heterocycles. The number of nitrogens with zero attached hydrogens (tertiary/aromatic N) is 2. The van der Waals surface area contributed by atoms with E-state index < -0.39 is 0 Å². The monoisotopic (exact) mass is 269 g/mol. The highest BCUT2D eigenvalue weighted by molar-refractivity contribution is 9.10. The summed E-state index contributed by atoms with van der Waals surface area (Å²) in [7, 11) is 0. The molecule has 3 nitrogen and oxygen atoms in total. The van der Waals surface area contributed by atoms with Gasteiger partial charge in [-0.1, -0.05) is 6.07 Å². The maximum atomic E-state index is 5.67. The fourth-order valence-electron chi connectivity index (χ4n) is 1.97. The summed E-state index contributed by atoms with van der Waals surface area (Å²) in [4.78, 5) is 6.79. The number of aromatic nitrogens is 1. The molecular formula is C11H16BrN3. The van der Waals surface area contributed by atoms with Crippen LogP contribution >= 0.6 is 15.9 Å². The summed E-state index contributed by atoms with van der Waals surface area (Å²) in [6.07, 6.45) is 2.37. The molecule has 2 N–H and O–H groups in total. The van der Waals surface area contributed by atoms with E-state index in [4.69, 9.17) is 5.73 Å². The molecule has 1 aliphatic heterocycles. The predicted molar refractivity (Wildman–Crippen MR) is 65.9 cm³/mol. The van der Waals surface area contributed by atoms with Crippen LogP contribution in [-0.2, 0) is 0 Å². The Bertz CT molecular complexity index is 321. The summed E-state index contributed by atoms with van der Waals surface area (Å²) in [5.74, 6) is 1.77. The van der Waals surface area contributed by atoms with E-state index >= 15 is 0 Å². The Morgan fingerprint density at radius 3 is 2.73 bits per heavy atom. The van der Waals surface area contributed by atoms with Gasteiger partial charge in [0.15, 0.2) is 0 Å². The molecule has 0 radical (unpaired) electrons. The summed E-state index contributed by atoms with van der Waals surface area (Å²) in [6.45, 7) is 2.97. The van der Waals surface area contributed by atoms with Gasteiger partial charge < -0.3 is 10.6 Å². The van der Waals surface area contributed by atoms with Crippen LogP contribution in [0.4, 0.5) is 5.82 Å². The number of halogens is 1. The second kappa shape index (κ2) is 4.94. The van der Waals surface area contributed by atoms with Crippen LogP contribution in [0.3, 0.4) is 0 Å². The fraction of sp³-hybridized carbons (Fsp3) is 0.545. The molecule has 15 heavy (non-hydrogen) atoms. The Labute approximate surface area is 98.8 Å². The van der Waals surface area contributed by atoms with Gasteiger partial charge in [0.25, 0.3) is 0 Å². The molecule has 0 saturated carbocycles. The Kier molecular flexibility index (Phi) is 3.59. The first-order valence-corrected chi connectivity index (χ1v) is 6.16. The van der Waals surface area contributed by atoms with E-state index in [0.29, 0.717) is 5.92 Å². The van der Waals surface area contributed by atoms with Gasteiger partial charge in [0.2, 0.25) is 0 Å². The van der Waals surface area contributed by atoms with Crippen LogP contribution in [0.15, 0.2) is 22.8 Å². The van der Waals surface area contributed by atoms with Crippen molar-refractivity contribution in [1.29, 1.82) is 0 Å². The largest absolute Gasteiger partial charge is 0.357 e. The molecule has 4 heteroatoms. The Morgan fingerprint density at radius 1 is 1.40 bits per heavy atom. The lowest BCUT2D eigenvalue weighted by molar-refractivity contribution is 0.413. The number of rotatable bonds is 2. The Morgan fingerprint density at radius 2 is 2.13 bits per heavy atom. The van der Waals surface area contributed by atoms with Crippen LogP contribution in [0.1, 0.15) is 12.8 Å². The van der Waals surface area contributed by atoms with Crippen LogP contribution in [0.25, 0.3) is 0 Å². The lowest BCUT2D eigenvalue weighted by atomic mass is 9.97. The number of hydrogen-bond acceptors (Lipinski definition) is 3. The summed E-state index contributed by atoms with van der Waals surface area (Å²) in [5.41, 5.74) is 5.67. The van der Waals surface area contributed by atoms with Gasteiger partial charge in [-0.2, -0.15) is 0 Å². The summed E-state index contributed by atoms with van der Waals surface area (Å²) in [6, 6.07) is 6.05. The van der Waals surface area contributed by atoms with Gasteiger partial charge in [-0.25, -0.2) is 4.98 Å². The van der Waals surface area contributed by atoms with Gasteiger partial charge >= 0.3 is 0 Å². The quantitative estimate of drug-likeness (QED) is 0.836. The lowest BCUT2D eigenvalue weighted by Gasteiger charge is -2.32. The lowest BCUT2D eigenvalue weighted by Crippen LogP contribution is -2.36. The molecule has 1 aromatic rings. The van der Waals surface area contributed by atoms with Crippen LogP contribution in [0, 0.1) is 5.92 Å². The standard InChI is InChI=1S/C11H16BrN3/c12-10-2-1-3-11(14-10)15-6-4-9(8-13)5-7-15/h1-3,9H,4-8,13H2. The fourth-order valence-corrected chi connectivity index (χ4v) is 2.31. The molecule has 2 heterocycles. The second-order valence-electron chi connectivity index (χ2n) is 3.98. The Balaban J connectivity index is 2.01. The molecule has 0 amide bonds. The predicted octanol–water partition coefficient (Wildman–Crippen LogP) is 2.02. The molecule has 0 unspecified atom stereocenters. The molecule has 1 aliphatic rings. The number of anilines is 1. The van der Waals surface area contributed by atoms with E-state index in [1.54, 1.807) is 0 Å². The molecular weight excluding hydrogens is 254 g/mol. The first kappa shape index (κ1) is 10.9. The third-order valence-corrected chi connectivity index (χ3v) is 3.41. The van der Waals surface area contributed by atoms with Crippen LogP contribution in [0.5, 0.6) is 0 Å². The average Bonchev–Trinajstić information content (AvgIpc) is 2.29. The van der Waals surface area contributed by atoms with Gasteiger partial charge in [-0.15, -0.1) is 0 Å². The Hall–Kier alpha value is -0.610. The van der Waals surface area contributed by atoms with E-state index in [-0.39, 0.29) is 0 Å². The van der Waals surface area contributed by atoms with Gasteiger partial charge in [0.05, 0.1) is 0 Å². The van der Waals surface area contributed by atoms with E-state index in [0.717, 1.165) is 30.1 Å². The van der Waals surface area contributed by atoms with Crippen molar-refractivity contribution >= 4 is 21.7 Å². The highest BCUT2D eigenvalue weighted by Crippen LogP contribution is 2.22. The second-order valence-corrected chi connectivity index (χ2v) is 4.80. The maximum absolute atomic E-state index is 5.67. The maximum Gasteiger partial charge on any atom is 0.129 e. The van der Waals surface area contributed by atoms with Crippen molar-refractivity contribution in [2.45, 2.75) is 12.8 Å². The first-order chi connectivity index (χ1) is 7.29. The molecule has 0 bridgehead atoms. The topological polar surface area (TPSA) is 42.1 Å². The number of pyridine rings is 1. The van der Waals surface area contributed by atoms with Crippen LogP contribution < -0.4 is 10.6 Å². The molecule has 0 aromatic carbocycles. The zero-order chi connectivity index (χ0) is 10.7. The zero-order valence-electron chi connectivity index (χ0n) is 8.69. The molecule has 2 rings (SSSR count). The van der Waals surface area contributed by atoms with Crippen LogP contribution in [0.2, 0.25) is 0 Å². The van der Waals surface area contributed by atoms with Crippen molar-refractivity contribution in [2.75, 3.05) is 24.5 Å². The van der Waals surface area contributed by atoms with E-state index in [9.17, 15) is 0 Å². The highest BCUT2D eigenvalue weighted by Gasteiger charge is 2.18. The summed E-state index contributed by atoms with van der Waals surface area (Å²) < 4.78 is 0.904. The van der Waals surface area contributed by atoms with Crippen molar-refractivity contribution < 1.29 is 0 Å². The smallest absolute Gasteiger partial charge is 0.129 e. The SMILES string of the molecule is NCC1CCN(c2cccc(Br)n2)CC1. The number of nitrogens with two attached hydrogens (primary N) is 1. The first-order valence-electron chi connectivity index (χ1n) is 5.37. The van der Waals surface area contributed by atoms with Gasteiger partial charge in [0.1, 0.15) is 10.4 Å². The average molecular weight is 270 g/mol. The van der Waals surface area contributed by atoms with E-state index in [1.165, 1.54) is 12.8 Å². The van der Waals surface area contributed by atoms with Gasteiger partial charge in [0, 0.05) is 13.1 Å². The van der Waals surface area contributed by atoms with Gasteiger partial charge in [-0.05, 0) is 53.4 Å². The molecule has 0 atom stereocenters. The molecule has 1 fully saturated rings. The third-order valence-electron chi connectivity index (χ3n) is 2.97. The van der Waals surface area contributed by atoms with E-state index in [2.05, 4.69) is 31.9 Å². The highest BCUT2D eigenvalue weighted by atomic mass is 79.9. The number of hydrogen-bond donors (Lipinski definition) is 1. The molecule has 82 valence electrons. The normalized spacial score (nSPS) is 18.1. The van der Waals surface area contributed by atoms with Crippen molar-refractivity contribution in [3.05, 3.63) is 22.8 Å². The summed E-state index contributed by atoms with van der Waals surface area (Å²) >= 11 is 3.40. The minimum Gasteiger partial charge on any atom is -0.357 e. The van der Waals surface area contributed by atoms with Crippen molar-refractivity contribution in [2.24, 2.45) is 11.7 Å². The third kappa shape index (κ3) is 2.69. The van der Waals surface area contributed by atoms with Crippen LogP contribution in [-0.4, -0.2) is 24.6 Å². The van der Waals surface area contributed by atoms with Crippen molar-refractivity contribution in [1.82, 2.24) is 4.98 Å². The number of piperidine rings is 1. The van der Waals surface area contributed by atoms with E-state index in [1.807, 2.05) is 12.1 Å². The van der Waals surface area contributed by atoms with Gasteiger partial charge in [-0.3, -0.25) is 0 Å². The zero-order valence-corrected chi connectivity index (χ0v) is 10.3. The van der Waals surface area contributed by atoms with Crippen molar-refractivity contribution in [3.63, 3.8) is 0 Å². The minimum atomic E-state index is 0.702. The molecule has 1 saturated heterocycles. The summed E-state index contributed by atoms with van der Waals surface area (Å²) in [5, 5.41) is 0. The van der Waals surface area contributed by atoms with Crippen molar-refractivity contribution in [3.8, 4) is 0 Å². The molecule has 0 spiro atoms. The molecule has 0 aliphatic carbocycles.